The number of hydrogen-bond donors (Lipinski definition) is 0. The lowest BCUT2D eigenvalue weighted by Gasteiger charge is -2.30. The molecule has 1 saturated heterocycles. The molecule has 12 heteroatoms. The minimum absolute atomic E-state index is 0.0505. The molecular formula is C24H25F6N3O3. The highest BCUT2D eigenvalue weighted by Gasteiger charge is 2.38. The van der Waals surface area contributed by atoms with Crippen LogP contribution in [0.2, 0.25) is 0 Å². The third-order valence-electron chi connectivity index (χ3n) is 6.70. The van der Waals surface area contributed by atoms with E-state index in [0.717, 1.165) is 12.1 Å². The van der Waals surface area contributed by atoms with Crippen LogP contribution in [0.1, 0.15) is 65.1 Å². The molecule has 1 aromatic carbocycles. The number of nitrogens with zero attached hydrogens (tertiary/aromatic N) is 3. The number of alkyl halides is 6. The molecule has 0 aliphatic carbocycles. The normalized spacial score (nSPS) is 19.2. The van der Waals surface area contributed by atoms with E-state index in [1.54, 1.807) is 16.4 Å². The first kappa shape index (κ1) is 26.0. The maximum absolute atomic E-state index is 13.3. The number of likely N-dealkylation sites (tertiary alicyclic amines) is 1. The Labute approximate surface area is 203 Å². The number of esters is 1. The number of aryl methyl sites for hydroxylation is 1. The summed E-state index contributed by atoms with van der Waals surface area (Å²) in [5, 5.41) is 0. The fourth-order valence-corrected chi connectivity index (χ4v) is 4.77. The molecule has 0 saturated carbocycles. The topological polar surface area (TPSA) is 64.4 Å². The van der Waals surface area contributed by atoms with E-state index in [2.05, 4.69) is 4.98 Å². The Bertz CT molecular complexity index is 1100. The predicted octanol–water partition coefficient (Wildman–Crippen LogP) is 5.07. The number of fused-ring (bicyclic) bond motifs is 1. The second-order valence-corrected chi connectivity index (χ2v) is 9.09. The molecule has 36 heavy (non-hydrogen) atoms. The number of halogens is 6. The summed E-state index contributed by atoms with van der Waals surface area (Å²) in [6.45, 7) is 2.84. The van der Waals surface area contributed by atoms with Crippen LogP contribution in [0.4, 0.5) is 26.3 Å². The molecule has 0 bridgehead atoms. The van der Waals surface area contributed by atoms with Crippen molar-refractivity contribution >= 4 is 11.9 Å². The van der Waals surface area contributed by atoms with Crippen LogP contribution in [0.15, 0.2) is 24.4 Å². The second-order valence-electron chi connectivity index (χ2n) is 9.09. The van der Waals surface area contributed by atoms with E-state index in [1.165, 1.54) is 6.20 Å². The summed E-state index contributed by atoms with van der Waals surface area (Å²) in [5.41, 5.74) is -2.57. The van der Waals surface area contributed by atoms with E-state index in [1.807, 2.05) is 0 Å². The lowest BCUT2D eigenvalue weighted by molar-refractivity contribution is -0.149. The molecule has 2 aliphatic rings. The van der Waals surface area contributed by atoms with E-state index >= 15 is 0 Å². The SMILES string of the molecule is CCOC(=O)C1CCN(C(=O)c2cn3c(n2)CC[C@@H](c2cc(C(F)(F)F)cc(C(F)(F)F)c2)C3)CC1. The Morgan fingerprint density at radius 1 is 1.00 bits per heavy atom. The molecule has 2 aliphatic heterocycles. The minimum atomic E-state index is -4.91. The van der Waals surface area contributed by atoms with Gasteiger partial charge in [-0.2, -0.15) is 26.3 Å². The number of carbonyl (C=O) groups excluding carboxylic acids is 2. The number of benzene rings is 1. The van der Waals surface area contributed by atoms with Gasteiger partial charge in [0.1, 0.15) is 11.5 Å². The smallest absolute Gasteiger partial charge is 0.416 e. The molecule has 0 radical (unpaired) electrons. The van der Waals surface area contributed by atoms with Gasteiger partial charge in [0.15, 0.2) is 0 Å². The summed E-state index contributed by atoms with van der Waals surface area (Å²) < 4.78 is 86.3. The van der Waals surface area contributed by atoms with Crippen LogP contribution in [0, 0.1) is 5.92 Å². The van der Waals surface area contributed by atoms with Gasteiger partial charge in [-0.1, -0.05) is 0 Å². The van der Waals surface area contributed by atoms with Crippen LogP contribution in [-0.4, -0.2) is 46.0 Å². The van der Waals surface area contributed by atoms with Crippen LogP contribution < -0.4 is 0 Å². The van der Waals surface area contributed by atoms with E-state index in [4.69, 9.17) is 4.74 Å². The molecule has 6 nitrogen and oxygen atoms in total. The quantitative estimate of drug-likeness (QED) is 0.420. The molecule has 2 aromatic rings. The highest BCUT2D eigenvalue weighted by atomic mass is 19.4. The monoisotopic (exact) mass is 517 g/mol. The molecule has 0 N–H and O–H groups in total. The van der Waals surface area contributed by atoms with Crippen molar-refractivity contribution in [2.75, 3.05) is 19.7 Å². The highest BCUT2D eigenvalue weighted by molar-refractivity contribution is 5.92. The molecule has 0 spiro atoms. The van der Waals surface area contributed by atoms with Gasteiger partial charge in [-0.25, -0.2) is 4.98 Å². The van der Waals surface area contributed by atoms with Gasteiger partial charge in [0, 0.05) is 38.2 Å². The van der Waals surface area contributed by atoms with Gasteiger partial charge in [-0.3, -0.25) is 9.59 Å². The summed E-state index contributed by atoms with van der Waals surface area (Å²) in [6, 6.07) is 1.65. The minimum Gasteiger partial charge on any atom is -0.466 e. The molecular weight excluding hydrogens is 492 g/mol. The van der Waals surface area contributed by atoms with Gasteiger partial charge in [0.2, 0.25) is 0 Å². The molecule has 3 heterocycles. The number of piperidine rings is 1. The number of ether oxygens (including phenoxy) is 1. The maximum atomic E-state index is 13.3. The van der Waals surface area contributed by atoms with Crippen LogP contribution >= 0.6 is 0 Å². The largest absolute Gasteiger partial charge is 0.466 e. The van der Waals surface area contributed by atoms with E-state index < -0.39 is 29.4 Å². The fraction of sp³-hybridized carbons (Fsp3) is 0.542. The van der Waals surface area contributed by atoms with Crippen molar-refractivity contribution in [3.05, 3.63) is 52.6 Å². The summed E-state index contributed by atoms with van der Waals surface area (Å²) in [5.74, 6) is -0.915. The first-order valence-electron chi connectivity index (χ1n) is 11.7. The molecule has 1 amide bonds. The number of rotatable bonds is 4. The Morgan fingerprint density at radius 2 is 1.61 bits per heavy atom. The van der Waals surface area contributed by atoms with E-state index in [-0.39, 0.29) is 48.3 Å². The lowest BCUT2D eigenvalue weighted by atomic mass is 9.89. The molecule has 196 valence electrons. The first-order chi connectivity index (χ1) is 16.9. The van der Waals surface area contributed by atoms with Crippen molar-refractivity contribution in [3.63, 3.8) is 0 Å². The summed E-state index contributed by atoms with van der Waals surface area (Å²) in [7, 11) is 0. The van der Waals surface area contributed by atoms with Gasteiger partial charge in [0.25, 0.3) is 5.91 Å². The summed E-state index contributed by atoms with van der Waals surface area (Å²) in [4.78, 5) is 30.8. The zero-order chi connectivity index (χ0) is 26.3. The number of imidazole rings is 1. The van der Waals surface area contributed by atoms with E-state index in [9.17, 15) is 35.9 Å². The number of aromatic nitrogens is 2. The zero-order valence-corrected chi connectivity index (χ0v) is 19.5. The van der Waals surface area contributed by atoms with Crippen LogP contribution in [-0.2, 0) is 34.8 Å². The van der Waals surface area contributed by atoms with Crippen molar-refractivity contribution in [2.24, 2.45) is 5.92 Å². The molecule has 4 rings (SSSR count). The van der Waals surface area contributed by atoms with Crippen molar-refractivity contribution in [2.45, 2.75) is 57.4 Å². The summed E-state index contributed by atoms with van der Waals surface area (Å²) in [6.07, 6.45) is -6.78. The lowest BCUT2D eigenvalue weighted by Crippen LogP contribution is -2.40. The van der Waals surface area contributed by atoms with Gasteiger partial charge in [-0.05, 0) is 49.9 Å². The Kier molecular flexibility index (Phi) is 7.07. The van der Waals surface area contributed by atoms with Gasteiger partial charge < -0.3 is 14.2 Å². The Morgan fingerprint density at radius 3 is 2.17 bits per heavy atom. The van der Waals surface area contributed by atoms with Crippen molar-refractivity contribution < 1.29 is 40.7 Å². The Hall–Kier alpha value is -3.05. The Balaban J connectivity index is 1.49. The van der Waals surface area contributed by atoms with Gasteiger partial charge in [0.05, 0.1) is 23.7 Å². The van der Waals surface area contributed by atoms with Crippen molar-refractivity contribution in [1.29, 1.82) is 0 Å². The van der Waals surface area contributed by atoms with Crippen molar-refractivity contribution in [1.82, 2.24) is 14.5 Å². The predicted molar refractivity (Wildman–Crippen MR) is 115 cm³/mol. The van der Waals surface area contributed by atoms with Gasteiger partial charge >= 0.3 is 18.3 Å². The molecule has 1 fully saturated rings. The van der Waals surface area contributed by atoms with Crippen LogP contribution in [0.3, 0.4) is 0 Å². The molecule has 1 aromatic heterocycles. The third kappa shape index (κ3) is 5.52. The first-order valence-corrected chi connectivity index (χ1v) is 11.7. The highest BCUT2D eigenvalue weighted by Crippen LogP contribution is 2.39. The maximum Gasteiger partial charge on any atom is 0.416 e. The van der Waals surface area contributed by atoms with Gasteiger partial charge in [-0.15, -0.1) is 0 Å². The zero-order valence-electron chi connectivity index (χ0n) is 19.5. The van der Waals surface area contributed by atoms with Crippen LogP contribution in [0.25, 0.3) is 0 Å². The van der Waals surface area contributed by atoms with Crippen LogP contribution in [0.5, 0.6) is 0 Å². The fourth-order valence-electron chi connectivity index (χ4n) is 4.77. The number of hydrogen-bond acceptors (Lipinski definition) is 4. The molecule has 1 atom stereocenters. The number of carbonyl (C=O) groups is 2. The third-order valence-corrected chi connectivity index (χ3v) is 6.70. The molecule has 0 unspecified atom stereocenters. The summed E-state index contributed by atoms with van der Waals surface area (Å²) >= 11 is 0. The van der Waals surface area contributed by atoms with E-state index in [0.29, 0.717) is 44.6 Å². The standard InChI is InChI=1S/C24H25F6N3O3/c1-2-36-22(35)14-5-7-32(8-6-14)21(34)19-13-33-12-15(3-4-20(33)31-19)16-9-17(23(25,26)27)11-18(10-16)24(28,29)30/h9-11,13-15H,2-8,12H2,1H3/t15-/m1/s1. The average Bonchev–Trinajstić information content (AvgIpc) is 3.26. The average molecular weight is 517 g/mol. The number of amides is 1. The van der Waals surface area contributed by atoms with Crippen molar-refractivity contribution in [3.8, 4) is 0 Å². The second kappa shape index (κ2) is 9.78.